The topological polar surface area (TPSA) is 25.8 Å². The highest BCUT2D eigenvalue weighted by molar-refractivity contribution is 7.98. The number of benzene rings is 2. The Balaban J connectivity index is 1.75. The van der Waals surface area contributed by atoms with Crippen LogP contribution in [0, 0.1) is 20.8 Å². The van der Waals surface area contributed by atoms with Crippen LogP contribution in [0.5, 0.6) is 0 Å². The van der Waals surface area contributed by atoms with Gasteiger partial charge in [-0.2, -0.15) is 0 Å². The molecule has 0 unspecified atom stereocenters. The largest absolute Gasteiger partial charge is 0.149 e. The second kappa shape index (κ2) is 6.97. The van der Waals surface area contributed by atoms with Crippen molar-refractivity contribution in [3.05, 3.63) is 76.9 Å². The minimum atomic E-state index is 0.921. The van der Waals surface area contributed by atoms with Gasteiger partial charge >= 0.3 is 0 Å². The first-order valence-electron chi connectivity index (χ1n) is 7.72. The van der Waals surface area contributed by atoms with Crippen LogP contribution in [0.25, 0.3) is 11.3 Å². The number of rotatable bonds is 4. The van der Waals surface area contributed by atoms with E-state index in [4.69, 9.17) is 0 Å². The molecule has 0 spiro atoms. The van der Waals surface area contributed by atoms with E-state index >= 15 is 0 Å². The summed E-state index contributed by atoms with van der Waals surface area (Å²) in [4.78, 5) is 0. The molecule has 0 atom stereocenters. The van der Waals surface area contributed by atoms with E-state index in [9.17, 15) is 0 Å². The van der Waals surface area contributed by atoms with E-state index in [0.29, 0.717) is 0 Å². The first-order chi connectivity index (χ1) is 11.1. The molecule has 0 N–H and O–H groups in total. The van der Waals surface area contributed by atoms with Gasteiger partial charge in [-0.3, -0.25) is 0 Å². The summed E-state index contributed by atoms with van der Waals surface area (Å²) in [6.45, 7) is 6.35. The molecule has 0 amide bonds. The molecule has 0 aliphatic rings. The van der Waals surface area contributed by atoms with Gasteiger partial charge in [-0.05, 0) is 55.7 Å². The maximum absolute atomic E-state index is 4.41. The fourth-order valence-electron chi connectivity index (χ4n) is 2.48. The average Bonchev–Trinajstić information content (AvgIpc) is 2.57. The zero-order valence-corrected chi connectivity index (χ0v) is 14.5. The van der Waals surface area contributed by atoms with Crippen molar-refractivity contribution >= 4 is 11.8 Å². The molecule has 2 nitrogen and oxygen atoms in total. The summed E-state index contributed by atoms with van der Waals surface area (Å²) >= 11 is 1.73. The summed E-state index contributed by atoms with van der Waals surface area (Å²) in [7, 11) is 0. The van der Waals surface area contributed by atoms with Gasteiger partial charge < -0.3 is 0 Å². The molecule has 3 aromatic rings. The average molecular weight is 320 g/mol. The molecule has 1 aromatic heterocycles. The monoisotopic (exact) mass is 320 g/mol. The van der Waals surface area contributed by atoms with Gasteiger partial charge in [0.1, 0.15) is 5.03 Å². The van der Waals surface area contributed by atoms with Crippen molar-refractivity contribution in [3.63, 3.8) is 0 Å². The second-order valence-corrected chi connectivity index (χ2v) is 6.79. The first-order valence-corrected chi connectivity index (χ1v) is 8.71. The van der Waals surface area contributed by atoms with E-state index in [0.717, 1.165) is 22.0 Å². The molecule has 1 heterocycles. The van der Waals surface area contributed by atoms with Crippen molar-refractivity contribution in [2.75, 3.05) is 0 Å². The number of aromatic nitrogens is 2. The standard InChI is InChI=1S/C20H20N2S/c1-14-8-9-16(3)18(12-14)19-10-11-20(22-21-19)23-13-17-7-5-4-6-15(17)2/h4-12H,13H2,1-3H3. The fraction of sp³-hybridized carbons (Fsp3) is 0.200. The minimum Gasteiger partial charge on any atom is -0.149 e. The number of nitrogens with zero attached hydrogens (tertiary/aromatic N) is 2. The summed E-state index contributed by atoms with van der Waals surface area (Å²) in [6.07, 6.45) is 0. The Bertz CT molecular complexity index is 810. The van der Waals surface area contributed by atoms with Gasteiger partial charge in [0.2, 0.25) is 0 Å². The molecular weight excluding hydrogens is 300 g/mol. The van der Waals surface area contributed by atoms with Gasteiger partial charge in [0.05, 0.1) is 5.69 Å². The number of hydrogen-bond acceptors (Lipinski definition) is 3. The van der Waals surface area contributed by atoms with Crippen LogP contribution in [-0.4, -0.2) is 10.2 Å². The predicted molar refractivity (Wildman–Crippen MR) is 97.7 cm³/mol. The molecule has 0 saturated carbocycles. The van der Waals surface area contributed by atoms with Gasteiger partial charge in [0.25, 0.3) is 0 Å². The highest BCUT2D eigenvalue weighted by atomic mass is 32.2. The molecule has 0 aliphatic carbocycles. The third-order valence-corrected chi connectivity index (χ3v) is 4.91. The van der Waals surface area contributed by atoms with Gasteiger partial charge in [-0.25, -0.2) is 0 Å². The lowest BCUT2D eigenvalue weighted by Crippen LogP contribution is -1.93. The van der Waals surface area contributed by atoms with Crippen LogP contribution >= 0.6 is 11.8 Å². The SMILES string of the molecule is Cc1ccc(C)c(-c2ccc(SCc3ccccc3C)nn2)c1. The summed E-state index contributed by atoms with van der Waals surface area (Å²) < 4.78 is 0. The highest BCUT2D eigenvalue weighted by Crippen LogP contribution is 2.26. The molecule has 116 valence electrons. The summed E-state index contributed by atoms with van der Waals surface area (Å²) in [5.74, 6) is 0.921. The molecule has 3 heteroatoms. The third-order valence-electron chi connectivity index (χ3n) is 3.95. The van der Waals surface area contributed by atoms with Crippen molar-refractivity contribution in [1.29, 1.82) is 0 Å². The Hall–Kier alpha value is -2.13. The normalized spacial score (nSPS) is 10.7. The second-order valence-electron chi connectivity index (χ2n) is 5.79. The fourth-order valence-corrected chi connectivity index (χ4v) is 3.37. The number of hydrogen-bond donors (Lipinski definition) is 0. The highest BCUT2D eigenvalue weighted by Gasteiger charge is 2.06. The molecular formula is C20H20N2S. The number of thioether (sulfide) groups is 1. The predicted octanol–water partition coefficient (Wildman–Crippen LogP) is 5.36. The van der Waals surface area contributed by atoms with Crippen LogP contribution in [0.1, 0.15) is 22.3 Å². The lowest BCUT2D eigenvalue weighted by atomic mass is 10.0. The minimum absolute atomic E-state index is 0.921. The van der Waals surface area contributed by atoms with Crippen molar-refractivity contribution in [2.45, 2.75) is 31.6 Å². The lowest BCUT2D eigenvalue weighted by molar-refractivity contribution is 0.934. The van der Waals surface area contributed by atoms with Crippen LogP contribution in [-0.2, 0) is 5.75 Å². The number of aryl methyl sites for hydroxylation is 3. The van der Waals surface area contributed by atoms with Gasteiger partial charge in [0, 0.05) is 11.3 Å². The Morgan fingerprint density at radius 3 is 2.39 bits per heavy atom. The maximum atomic E-state index is 4.41. The molecule has 3 rings (SSSR count). The Kier molecular flexibility index (Phi) is 4.77. The van der Waals surface area contributed by atoms with E-state index in [1.54, 1.807) is 11.8 Å². The van der Waals surface area contributed by atoms with E-state index in [1.807, 2.05) is 0 Å². The molecule has 0 fully saturated rings. The van der Waals surface area contributed by atoms with E-state index in [1.165, 1.54) is 22.3 Å². The van der Waals surface area contributed by atoms with Gasteiger partial charge in [-0.15, -0.1) is 10.2 Å². The van der Waals surface area contributed by atoms with Crippen molar-refractivity contribution in [2.24, 2.45) is 0 Å². The summed E-state index contributed by atoms with van der Waals surface area (Å²) in [5.41, 5.74) is 7.23. The Labute approximate surface area is 142 Å². The molecule has 0 bridgehead atoms. The Morgan fingerprint density at radius 2 is 1.65 bits per heavy atom. The first kappa shape index (κ1) is 15.8. The van der Waals surface area contributed by atoms with Crippen molar-refractivity contribution in [1.82, 2.24) is 10.2 Å². The van der Waals surface area contributed by atoms with Crippen LogP contribution in [0.3, 0.4) is 0 Å². The quantitative estimate of drug-likeness (QED) is 0.605. The maximum Gasteiger partial charge on any atom is 0.119 e. The zero-order chi connectivity index (χ0) is 16.2. The zero-order valence-electron chi connectivity index (χ0n) is 13.7. The molecule has 2 aromatic carbocycles. The smallest absolute Gasteiger partial charge is 0.119 e. The van der Waals surface area contributed by atoms with Crippen LogP contribution < -0.4 is 0 Å². The van der Waals surface area contributed by atoms with Crippen LogP contribution in [0.15, 0.2) is 59.6 Å². The van der Waals surface area contributed by atoms with Gasteiger partial charge in [0.15, 0.2) is 0 Å². The third kappa shape index (κ3) is 3.80. The van der Waals surface area contributed by atoms with Gasteiger partial charge in [-0.1, -0.05) is 53.7 Å². The summed E-state index contributed by atoms with van der Waals surface area (Å²) in [6, 6.07) is 19.0. The summed E-state index contributed by atoms with van der Waals surface area (Å²) in [5, 5.41) is 9.76. The lowest BCUT2D eigenvalue weighted by Gasteiger charge is -2.07. The molecule has 0 aliphatic heterocycles. The van der Waals surface area contributed by atoms with Crippen molar-refractivity contribution < 1.29 is 0 Å². The Morgan fingerprint density at radius 1 is 0.826 bits per heavy atom. The molecule has 0 radical (unpaired) electrons. The van der Waals surface area contributed by atoms with E-state index in [-0.39, 0.29) is 0 Å². The van der Waals surface area contributed by atoms with E-state index < -0.39 is 0 Å². The molecule has 0 saturated heterocycles. The van der Waals surface area contributed by atoms with Crippen molar-refractivity contribution in [3.8, 4) is 11.3 Å². The van der Waals surface area contributed by atoms with E-state index in [2.05, 4.69) is 85.6 Å². The molecule has 23 heavy (non-hydrogen) atoms. The van der Waals surface area contributed by atoms with Crippen LogP contribution in [0.2, 0.25) is 0 Å². The van der Waals surface area contributed by atoms with Crippen LogP contribution in [0.4, 0.5) is 0 Å².